The van der Waals surface area contributed by atoms with Gasteiger partial charge in [0.1, 0.15) is 16.2 Å². The number of thiophene rings is 1. The normalized spacial score (nSPS) is 10.6. The summed E-state index contributed by atoms with van der Waals surface area (Å²) in [4.78, 5) is 9.66. The maximum Gasteiger partial charge on any atom is 0.128 e. The minimum atomic E-state index is 0.599. The maximum atomic E-state index is 5.94. The number of terminal acetylenes is 1. The maximum absolute atomic E-state index is 5.94. The summed E-state index contributed by atoms with van der Waals surface area (Å²) in [5, 5.41) is 4.83. The van der Waals surface area contributed by atoms with Crippen molar-refractivity contribution in [3.8, 4) is 23.5 Å². The van der Waals surface area contributed by atoms with Crippen LogP contribution in [0, 0.1) is 12.3 Å². The Morgan fingerprint density at radius 3 is 2.80 bits per heavy atom. The molecule has 0 fully saturated rings. The van der Waals surface area contributed by atoms with Crippen molar-refractivity contribution in [2.24, 2.45) is 0 Å². The first-order valence-corrected chi connectivity index (χ1v) is 8.08. The van der Waals surface area contributed by atoms with Crippen LogP contribution in [0.3, 0.4) is 0 Å². The van der Waals surface area contributed by atoms with Crippen LogP contribution in [0.2, 0.25) is 5.02 Å². The van der Waals surface area contributed by atoms with Crippen molar-refractivity contribution in [2.45, 2.75) is 5.03 Å². The van der Waals surface area contributed by atoms with Gasteiger partial charge in [-0.05, 0) is 17.7 Å². The van der Waals surface area contributed by atoms with Gasteiger partial charge in [0.15, 0.2) is 0 Å². The lowest BCUT2D eigenvalue weighted by Crippen LogP contribution is -1.86. The number of benzene rings is 1. The standard InChI is InChI=1S/C15H9ClN2S2/c1-2-7-19-14-13-12(8-20-15(13)18-9-17-14)10-3-5-11(16)6-4-10/h1,3-6,8-9H,7H2. The van der Waals surface area contributed by atoms with Gasteiger partial charge >= 0.3 is 0 Å². The van der Waals surface area contributed by atoms with Crippen molar-refractivity contribution in [3.63, 3.8) is 0 Å². The molecular formula is C15H9ClN2S2. The molecule has 1 aromatic carbocycles. The summed E-state index contributed by atoms with van der Waals surface area (Å²) in [5.74, 6) is 3.23. The average Bonchev–Trinajstić information content (AvgIpc) is 2.90. The fraction of sp³-hybridized carbons (Fsp3) is 0.0667. The second-order valence-corrected chi connectivity index (χ2v) is 6.27. The Balaban J connectivity index is 2.16. The van der Waals surface area contributed by atoms with Crippen LogP contribution in [0.1, 0.15) is 0 Å². The molecule has 2 aromatic heterocycles. The first-order chi connectivity index (χ1) is 9.79. The highest BCUT2D eigenvalue weighted by atomic mass is 35.5. The first-order valence-electron chi connectivity index (χ1n) is 5.84. The van der Waals surface area contributed by atoms with E-state index in [1.165, 1.54) is 0 Å². The molecule has 0 amide bonds. The Labute approximate surface area is 130 Å². The van der Waals surface area contributed by atoms with Gasteiger partial charge in [0, 0.05) is 16.0 Å². The van der Waals surface area contributed by atoms with Crippen LogP contribution in [-0.2, 0) is 0 Å². The van der Waals surface area contributed by atoms with E-state index < -0.39 is 0 Å². The Morgan fingerprint density at radius 1 is 1.25 bits per heavy atom. The number of halogens is 1. The van der Waals surface area contributed by atoms with Crippen LogP contribution in [-0.4, -0.2) is 15.7 Å². The van der Waals surface area contributed by atoms with E-state index >= 15 is 0 Å². The predicted octanol–water partition coefficient (Wildman–Crippen LogP) is 4.74. The third-order valence-electron chi connectivity index (χ3n) is 2.78. The van der Waals surface area contributed by atoms with Gasteiger partial charge in [-0.2, -0.15) is 0 Å². The molecule has 20 heavy (non-hydrogen) atoms. The quantitative estimate of drug-likeness (QED) is 0.396. The Morgan fingerprint density at radius 2 is 2.05 bits per heavy atom. The SMILES string of the molecule is C#CCSc1ncnc2scc(-c3ccc(Cl)cc3)c12. The number of rotatable bonds is 3. The van der Waals surface area contributed by atoms with Crippen molar-refractivity contribution >= 4 is 44.9 Å². The molecule has 3 aromatic rings. The summed E-state index contributed by atoms with van der Waals surface area (Å²) in [6, 6.07) is 7.79. The van der Waals surface area contributed by atoms with E-state index in [-0.39, 0.29) is 0 Å². The zero-order chi connectivity index (χ0) is 13.9. The lowest BCUT2D eigenvalue weighted by atomic mass is 10.1. The minimum Gasteiger partial charge on any atom is -0.229 e. The molecule has 2 nitrogen and oxygen atoms in total. The molecule has 0 spiro atoms. The van der Waals surface area contributed by atoms with E-state index in [1.807, 2.05) is 24.3 Å². The highest BCUT2D eigenvalue weighted by Crippen LogP contribution is 2.37. The fourth-order valence-electron chi connectivity index (χ4n) is 1.91. The molecule has 0 N–H and O–H groups in total. The van der Waals surface area contributed by atoms with Gasteiger partial charge in [-0.3, -0.25) is 0 Å². The van der Waals surface area contributed by atoms with Crippen LogP contribution in [0.5, 0.6) is 0 Å². The van der Waals surface area contributed by atoms with E-state index in [4.69, 9.17) is 18.0 Å². The highest BCUT2D eigenvalue weighted by Gasteiger charge is 2.13. The molecule has 0 atom stereocenters. The fourth-order valence-corrected chi connectivity index (χ4v) is 3.71. The summed E-state index contributed by atoms with van der Waals surface area (Å²) < 4.78 is 0. The van der Waals surface area contributed by atoms with Gasteiger partial charge < -0.3 is 0 Å². The van der Waals surface area contributed by atoms with E-state index in [2.05, 4.69) is 21.3 Å². The number of thioether (sulfide) groups is 1. The average molecular weight is 317 g/mol. The van der Waals surface area contributed by atoms with Crippen LogP contribution < -0.4 is 0 Å². The van der Waals surface area contributed by atoms with Gasteiger partial charge in [-0.25, -0.2) is 9.97 Å². The van der Waals surface area contributed by atoms with E-state index in [0.29, 0.717) is 5.75 Å². The number of hydrogen-bond acceptors (Lipinski definition) is 4. The summed E-state index contributed by atoms with van der Waals surface area (Å²) in [6.45, 7) is 0. The zero-order valence-electron chi connectivity index (χ0n) is 10.3. The first kappa shape index (κ1) is 13.4. The van der Waals surface area contributed by atoms with Gasteiger partial charge in [0.2, 0.25) is 0 Å². The minimum absolute atomic E-state index is 0.599. The van der Waals surface area contributed by atoms with Crippen molar-refractivity contribution in [3.05, 3.63) is 41.0 Å². The van der Waals surface area contributed by atoms with Crippen molar-refractivity contribution < 1.29 is 0 Å². The van der Waals surface area contributed by atoms with Gasteiger partial charge in [-0.15, -0.1) is 17.8 Å². The summed E-state index contributed by atoms with van der Waals surface area (Å²) in [5.41, 5.74) is 2.24. The summed E-state index contributed by atoms with van der Waals surface area (Å²) in [6.07, 6.45) is 6.92. The Bertz CT molecular complexity index is 788. The summed E-state index contributed by atoms with van der Waals surface area (Å²) >= 11 is 9.11. The Hall–Kier alpha value is -1.54. The lowest BCUT2D eigenvalue weighted by Gasteiger charge is -2.03. The van der Waals surface area contributed by atoms with Crippen LogP contribution >= 0.6 is 34.7 Å². The third kappa shape index (κ3) is 2.53. The van der Waals surface area contributed by atoms with Crippen LogP contribution in [0.15, 0.2) is 41.0 Å². The van der Waals surface area contributed by atoms with Crippen molar-refractivity contribution in [2.75, 3.05) is 5.75 Å². The lowest BCUT2D eigenvalue weighted by molar-refractivity contribution is 1.11. The molecule has 0 saturated carbocycles. The third-order valence-corrected chi connectivity index (χ3v) is 4.82. The van der Waals surface area contributed by atoms with Gasteiger partial charge in [0.05, 0.1) is 11.1 Å². The second kappa shape index (κ2) is 5.84. The topological polar surface area (TPSA) is 25.8 Å². The molecule has 0 aliphatic carbocycles. The molecule has 0 unspecified atom stereocenters. The number of aromatic nitrogens is 2. The molecule has 98 valence electrons. The van der Waals surface area contributed by atoms with E-state index in [9.17, 15) is 0 Å². The van der Waals surface area contributed by atoms with Gasteiger partial charge in [-0.1, -0.05) is 41.4 Å². The van der Waals surface area contributed by atoms with Crippen LogP contribution in [0.4, 0.5) is 0 Å². The molecule has 0 radical (unpaired) electrons. The molecule has 0 saturated heterocycles. The predicted molar refractivity (Wildman–Crippen MR) is 87.4 cm³/mol. The molecular weight excluding hydrogens is 308 g/mol. The van der Waals surface area contributed by atoms with Gasteiger partial charge in [0.25, 0.3) is 0 Å². The molecule has 0 bridgehead atoms. The number of fused-ring (bicyclic) bond motifs is 1. The highest BCUT2D eigenvalue weighted by molar-refractivity contribution is 7.99. The summed E-state index contributed by atoms with van der Waals surface area (Å²) in [7, 11) is 0. The Kier molecular flexibility index (Phi) is 3.93. The number of nitrogens with zero attached hydrogens (tertiary/aromatic N) is 2. The zero-order valence-corrected chi connectivity index (χ0v) is 12.7. The molecule has 3 rings (SSSR count). The van der Waals surface area contributed by atoms with E-state index in [1.54, 1.807) is 29.4 Å². The van der Waals surface area contributed by atoms with Crippen molar-refractivity contribution in [1.82, 2.24) is 9.97 Å². The van der Waals surface area contributed by atoms with Crippen LogP contribution in [0.25, 0.3) is 21.3 Å². The smallest absolute Gasteiger partial charge is 0.128 e. The van der Waals surface area contributed by atoms with E-state index in [0.717, 1.165) is 31.4 Å². The molecule has 2 heterocycles. The second-order valence-electron chi connectivity index (χ2n) is 4.01. The number of hydrogen-bond donors (Lipinski definition) is 0. The molecule has 0 aliphatic heterocycles. The molecule has 5 heteroatoms. The van der Waals surface area contributed by atoms with Crippen molar-refractivity contribution in [1.29, 1.82) is 0 Å². The largest absolute Gasteiger partial charge is 0.229 e. The molecule has 0 aliphatic rings. The monoisotopic (exact) mass is 316 g/mol.